The van der Waals surface area contributed by atoms with Gasteiger partial charge < -0.3 is 19.1 Å². The van der Waals surface area contributed by atoms with Crippen LogP contribution in [0.1, 0.15) is 56.0 Å². The SMILES string of the molecule is COc1ccc2c(c1/C=C\CC1CCN(C(=O)OC(C)(C)C)CC1)OCC2=O. The first-order valence-corrected chi connectivity index (χ1v) is 9.80. The predicted molar refractivity (Wildman–Crippen MR) is 107 cm³/mol. The van der Waals surface area contributed by atoms with Crippen molar-refractivity contribution in [1.29, 1.82) is 0 Å². The molecule has 1 aromatic carbocycles. The number of piperidine rings is 1. The Morgan fingerprint density at radius 3 is 2.64 bits per heavy atom. The molecule has 152 valence electrons. The highest BCUT2D eigenvalue weighted by atomic mass is 16.6. The topological polar surface area (TPSA) is 65.1 Å². The first-order chi connectivity index (χ1) is 13.3. The van der Waals surface area contributed by atoms with Gasteiger partial charge in [-0.1, -0.05) is 12.2 Å². The Bertz CT molecular complexity index is 770. The second-order valence-corrected chi connectivity index (χ2v) is 8.32. The average Bonchev–Trinajstić information content (AvgIpc) is 3.02. The molecule has 0 saturated carbocycles. The molecule has 0 bridgehead atoms. The van der Waals surface area contributed by atoms with Crippen LogP contribution >= 0.6 is 0 Å². The van der Waals surface area contributed by atoms with E-state index in [2.05, 4.69) is 6.08 Å². The largest absolute Gasteiger partial charge is 0.496 e. The molecule has 1 amide bonds. The average molecular weight is 387 g/mol. The lowest BCUT2D eigenvalue weighted by Crippen LogP contribution is -2.41. The molecule has 1 fully saturated rings. The molecule has 0 aromatic heterocycles. The summed E-state index contributed by atoms with van der Waals surface area (Å²) in [7, 11) is 1.61. The number of benzene rings is 1. The summed E-state index contributed by atoms with van der Waals surface area (Å²) >= 11 is 0. The maximum atomic E-state index is 12.2. The number of hydrogen-bond acceptors (Lipinski definition) is 5. The minimum atomic E-state index is -0.463. The van der Waals surface area contributed by atoms with Gasteiger partial charge in [-0.2, -0.15) is 0 Å². The van der Waals surface area contributed by atoms with Gasteiger partial charge in [-0.25, -0.2) is 4.79 Å². The first-order valence-electron chi connectivity index (χ1n) is 9.80. The van der Waals surface area contributed by atoms with Crippen molar-refractivity contribution in [2.75, 3.05) is 26.8 Å². The molecule has 6 nitrogen and oxygen atoms in total. The zero-order chi connectivity index (χ0) is 20.3. The van der Waals surface area contributed by atoms with Gasteiger partial charge in [0.25, 0.3) is 0 Å². The van der Waals surface area contributed by atoms with Crippen LogP contribution in [-0.2, 0) is 4.74 Å². The monoisotopic (exact) mass is 387 g/mol. The summed E-state index contributed by atoms with van der Waals surface area (Å²) in [5.74, 6) is 1.83. The van der Waals surface area contributed by atoms with Crippen LogP contribution in [-0.4, -0.2) is 49.2 Å². The molecule has 3 rings (SSSR count). The molecule has 0 N–H and O–H groups in total. The van der Waals surface area contributed by atoms with Gasteiger partial charge in [0.1, 0.15) is 17.1 Å². The summed E-state index contributed by atoms with van der Waals surface area (Å²) < 4.78 is 16.4. The number of allylic oxidation sites excluding steroid dienone is 1. The highest BCUT2D eigenvalue weighted by molar-refractivity contribution is 6.03. The minimum absolute atomic E-state index is 0.00168. The third-order valence-corrected chi connectivity index (χ3v) is 5.04. The summed E-state index contributed by atoms with van der Waals surface area (Å²) in [5, 5.41) is 0. The third kappa shape index (κ3) is 4.66. The first kappa shape index (κ1) is 20.2. The second-order valence-electron chi connectivity index (χ2n) is 8.32. The Morgan fingerprint density at radius 1 is 1.29 bits per heavy atom. The lowest BCUT2D eigenvalue weighted by atomic mass is 9.93. The zero-order valence-corrected chi connectivity index (χ0v) is 17.1. The Morgan fingerprint density at radius 2 is 2.00 bits per heavy atom. The van der Waals surface area contributed by atoms with E-state index in [4.69, 9.17) is 14.2 Å². The smallest absolute Gasteiger partial charge is 0.410 e. The molecule has 0 unspecified atom stereocenters. The Balaban J connectivity index is 1.57. The van der Waals surface area contributed by atoms with Crippen LogP contribution in [0.15, 0.2) is 18.2 Å². The van der Waals surface area contributed by atoms with Gasteiger partial charge in [0.2, 0.25) is 5.78 Å². The molecule has 2 aliphatic rings. The van der Waals surface area contributed by atoms with Crippen molar-refractivity contribution in [2.45, 2.75) is 45.6 Å². The number of nitrogens with zero attached hydrogens (tertiary/aromatic N) is 1. The van der Waals surface area contributed by atoms with Gasteiger partial charge in [-0.3, -0.25) is 4.79 Å². The molecule has 0 atom stereocenters. The van der Waals surface area contributed by atoms with E-state index in [9.17, 15) is 9.59 Å². The van der Waals surface area contributed by atoms with Crippen LogP contribution in [0.25, 0.3) is 6.08 Å². The van der Waals surface area contributed by atoms with Crippen molar-refractivity contribution in [3.63, 3.8) is 0 Å². The van der Waals surface area contributed by atoms with Crippen LogP contribution in [0.5, 0.6) is 11.5 Å². The summed E-state index contributed by atoms with van der Waals surface area (Å²) in [6, 6.07) is 3.57. The fraction of sp³-hybridized carbons (Fsp3) is 0.545. The number of rotatable bonds is 4. The Kier molecular flexibility index (Phi) is 5.96. The van der Waals surface area contributed by atoms with Crippen LogP contribution in [0.3, 0.4) is 0 Å². The number of amides is 1. The third-order valence-electron chi connectivity index (χ3n) is 5.04. The van der Waals surface area contributed by atoms with Crippen molar-refractivity contribution in [3.8, 4) is 11.5 Å². The van der Waals surface area contributed by atoms with Gasteiger partial charge in [0.05, 0.1) is 18.2 Å². The Hall–Kier alpha value is -2.50. The number of carbonyl (C=O) groups excluding carboxylic acids is 2. The lowest BCUT2D eigenvalue weighted by molar-refractivity contribution is 0.0185. The highest BCUT2D eigenvalue weighted by Crippen LogP contribution is 2.37. The van der Waals surface area contributed by atoms with E-state index < -0.39 is 5.60 Å². The number of ether oxygens (including phenoxy) is 3. The van der Waals surface area contributed by atoms with Crippen LogP contribution in [0, 0.1) is 5.92 Å². The van der Waals surface area contributed by atoms with E-state index in [-0.39, 0.29) is 18.5 Å². The molecule has 2 aliphatic heterocycles. The van der Waals surface area contributed by atoms with Crippen molar-refractivity contribution in [2.24, 2.45) is 5.92 Å². The van der Waals surface area contributed by atoms with E-state index in [1.807, 2.05) is 32.9 Å². The standard InChI is InChI=1S/C22H29NO5/c1-22(2,3)28-21(25)23-12-10-15(11-13-23)6-5-7-17-19(26-4)9-8-16-18(24)14-27-20(16)17/h5,7-9,15H,6,10-14H2,1-4H3/b7-5-. The molecule has 28 heavy (non-hydrogen) atoms. The molecular weight excluding hydrogens is 358 g/mol. The number of hydrogen-bond donors (Lipinski definition) is 0. The Labute approximate surface area is 166 Å². The van der Waals surface area contributed by atoms with E-state index in [1.54, 1.807) is 18.1 Å². The summed E-state index contributed by atoms with van der Waals surface area (Å²) in [4.78, 5) is 25.8. The summed E-state index contributed by atoms with van der Waals surface area (Å²) in [6.45, 7) is 7.17. The second kappa shape index (κ2) is 8.25. The highest BCUT2D eigenvalue weighted by Gasteiger charge is 2.27. The van der Waals surface area contributed by atoms with Gasteiger partial charge in [-0.15, -0.1) is 0 Å². The van der Waals surface area contributed by atoms with E-state index >= 15 is 0 Å². The van der Waals surface area contributed by atoms with E-state index in [1.165, 1.54) is 0 Å². The van der Waals surface area contributed by atoms with Crippen molar-refractivity contribution >= 4 is 18.0 Å². The molecule has 1 saturated heterocycles. The van der Waals surface area contributed by atoms with E-state index in [0.29, 0.717) is 23.0 Å². The molecule has 0 radical (unpaired) electrons. The number of likely N-dealkylation sites (tertiary alicyclic amines) is 1. The maximum Gasteiger partial charge on any atom is 0.410 e. The van der Waals surface area contributed by atoms with Crippen molar-refractivity contribution in [3.05, 3.63) is 29.3 Å². The number of Topliss-reactive ketones (excluding diaryl/α,β-unsaturated/α-hetero) is 1. The van der Waals surface area contributed by atoms with Gasteiger partial charge in [0, 0.05) is 13.1 Å². The fourth-order valence-electron chi connectivity index (χ4n) is 3.56. The minimum Gasteiger partial charge on any atom is -0.496 e. The fourth-order valence-corrected chi connectivity index (χ4v) is 3.56. The quantitative estimate of drug-likeness (QED) is 0.770. The van der Waals surface area contributed by atoms with Gasteiger partial charge in [0.15, 0.2) is 6.61 Å². The lowest BCUT2D eigenvalue weighted by Gasteiger charge is -2.33. The molecule has 6 heteroatoms. The van der Waals surface area contributed by atoms with Crippen LogP contribution in [0.4, 0.5) is 4.79 Å². The van der Waals surface area contributed by atoms with Crippen molar-refractivity contribution < 1.29 is 23.8 Å². The number of fused-ring (bicyclic) bond motifs is 1. The summed E-state index contributed by atoms with van der Waals surface area (Å²) in [5.41, 5.74) is 0.970. The molecule has 2 heterocycles. The van der Waals surface area contributed by atoms with Crippen LogP contribution in [0.2, 0.25) is 0 Å². The van der Waals surface area contributed by atoms with Crippen molar-refractivity contribution in [1.82, 2.24) is 4.90 Å². The normalized spacial score (nSPS) is 17.6. The number of ketones is 1. The van der Waals surface area contributed by atoms with E-state index in [0.717, 1.165) is 37.9 Å². The van der Waals surface area contributed by atoms with Gasteiger partial charge in [-0.05, 0) is 58.1 Å². The predicted octanol–water partition coefficient (Wildman–Crippen LogP) is 4.32. The summed E-state index contributed by atoms with van der Waals surface area (Å²) in [6.07, 6.45) is 6.66. The molecular formula is C22H29NO5. The number of methoxy groups -OCH3 is 1. The molecule has 0 spiro atoms. The molecule has 1 aromatic rings. The van der Waals surface area contributed by atoms with Gasteiger partial charge >= 0.3 is 6.09 Å². The zero-order valence-electron chi connectivity index (χ0n) is 17.1. The number of carbonyl (C=O) groups is 2. The van der Waals surface area contributed by atoms with Crippen LogP contribution < -0.4 is 9.47 Å². The maximum absolute atomic E-state index is 12.2. The molecule has 0 aliphatic carbocycles.